The van der Waals surface area contributed by atoms with Crippen molar-refractivity contribution < 1.29 is 0 Å². The first-order valence-corrected chi connectivity index (χ1v) is 11.8. The standard InChI is InChI=1S/C28H28ClN3.2ClH/c29-24-11-12-26-23(17-27(31-28(26)18-24)22-9-5-2-6-10-22)19-30-25-13-15-32(16-14-25)20-21-7-3-1-4-8-21;;/h1-12,17-18,25,30H,13-16,19-20H2;2*1H. The molecule has 3 nitrogen and oxygen atoms in total. The molecule has 1 aromatic heterocycles. The summed E-state index contributed by atoms with van der Waals surface area (Å²) in [5.41, 5.74) is 5.75. The van der Waals surface area contributed by atoms with Crippen LogP contribution in [0.1, 0.15) is 24.0 Å². The number of halogens is 3. The molecule has 2 heterocycles. The Kier molecular flexibility index (Phi) is 9.75. The largest absolute Gasteiger partial charge is 0.310 e. The van der Waals surface area contributed by atoms with Crippen LogP contribution in [-0.2, 0) is 13.1 Å². The van der Waals surface area contributed by atoms with Crippen LogP contribution in [0.4, 0.5) is 0 Å². The Hall–Kier alpha value is -2.14. The lowest BCUT2D eigenvalue weighted by Gasteiger charge is -2.32. The SMILES string of the molecule is Cl.Cl.Clc1ccc2c(CNC3CCN(Cc4ccccc4)CC3)cc(-c3ccccc3)nc2c1. The third kappa shape index (κ3) is 6.50. The molecule has 0 atom stereocenters. The number of nitrogens with one attached hydrogen (secondary N) is 1. The first-order valence-electron chi connectivity index (χ1n) is 11.4. The molecule has 178 valence electrons. The maximum absolute atomic E-state index is 6.28. The summed E-state index contributed by atoms with van der Waals surface area (Å²) in [6.07, 6.45) is 2.35. The highest BCUT2D eigenvalue weighted by Gasteiger charge is 2.19. The van der Waals surface area contributed by atoms with Crippen LogP contribution in [0.3, 0.4) is 0 Å². The molecule has 0 radical (unpaired) electrons. The van der Waals surface area contributed by atoms with Crippen LogP contribution in [0.2, 0.25) is 5.02 Å². The minimum atomic E-state index is 0. The Morgan fingerprint density at radius 1 is 0.853 bits per heavy atom. The number of piperidine rings is 1. The summed E-state index contributed by atoms with van der Waals surface area (Å²) in [6, 6.07) is 29.9. The quantitative estimate of drug-likeness (QED) is 0.296. The Bertz CT molecular complexity index is 1180. The van der Waals surface area contributed by atoms with E-state index < -0.39 is 0 Å². The van der Waals surface area contributed by atoms with E-state index in [1.807, 2.05) is 18.2 Å². The fourth-order valence-corrected chi connectivity index (χ4v) is 4.73. The number of rotatable bonds is 6. The van der Waals surface area contributed by atoms with Crippen LogP contribution < -0.4 is 5.32 Å². The Labute approximate surface area is 219 Å². The van der Waals surface area contributed by atoms with Crippen LogP contribution in [-0.4, -0.2) is 29.0 Å². The van der Waals surface area contributed by atoms with Gasteiger partial charge in [0.1, 0.15) is 0 Å². The topological polar surface area (TPSA) is 28.2 Å². The van der Waals surface area contributed by atoms with Gasteiger partial charge in [-0.05, 0) is 55.3 Å². The van der Waals surface area contributed by atoms with Crippen LogP contribution in [0.5, 0.6) is 0 Å². The van der Waals surface area contributed by atoms with E-state index in [9.17, 15) is 0 Å². The highest BCUT2D eigenvalue weighted by Crippen LogP contribution is 2.27. The number of benzene rings is 3. The molecule has 1 saturated heterocycles. The van der Waals surface area contributed by atoms with Gasteiger partial charge in [-0.15, -0.1) is 24.8 Å². The van der Waals surface area contributed by atoms with Crippen molar-refractivity contribution in [3.8, 4) is 11.3 Å². The third-order valence-corrected chi connectivity index (χ3v) is 6.58. The predicted molar refractivity (Wildman–Crippen MR) is 148 cm³/mol. The molecule has 0 spiro atoms. The average Bonchev–Trinajstić information content (AvgIpc) is 2.84. The minimum absolute atomic E-state index is 0. The molecular weight excluding hydrogens is 485 g/mol. The van der Waals surface area contributed by atoms with Crippen molar-refractivity contribution in [1.82, 2.24) is 15.2 Å². The van der Waals surface area contributed by atoms with Crippen molar-refractivity contribution in [2.45, 2.75) is 32.0 Å². The van der Waals surface area contributed by atoms with E-state index in [2.05, 4.69) is 76.9 Å². The normalized spacial score (nSPS) is 14.4. The summed E-state index contributed by atoms with van der Waals surface area (Å²) in [7, 11) is 0. The minimum Gasteiger partial charge on any atom is -0.310 e. The van der Waals surface area contributed by atoms with E-state index in [4.69, 9.17) is 16.6 Å². The lowest BCUT2D eigenvalue weighted by molar-refractivity contribution is 0.190. The van der Waals surface area contributed by atoms with E-state index in [0.717, 1.165) is 48.0 Å². The molecule has 0 aliphatic carbocycles. The molecule has 0 amide bonds. The molecule has 1 aliphatic rings. The van der Waals surface area contributed by atoms with Crippen LogP contribution >= 0.6 is 36.4 Å². The Morgan fingerprint density at radius 3 is 2.24 bits per heavy atom. The zero-order valence-electron chi connectivity index (χ0n) is 19.0. The zero-order chi connectivity index (χ0) is 21.8. The molecule has 3 aromatic carbocycles. The first-order chi connectivity index (χ1) is 15.7. The predicted octanol–water partition coefficient (Wildman–Crippen LogP) is 7.15. The van der Waals surface area contributed by atoms with Crippen LogP contribution in [0, 0.1) is 0 Å². The van der Waals surface area contributed by atoms with E-state index in [1.54, 1.807) is 0 Å². The van der Waals surface area contributed by atoms with Gasteiger partial charge in [-0.25, -0.2) is 4.98 Å². The molecule has 1 fully saturated rings. The number of fused-ring (bicyclic) bond motifs is 1. The van der Waals surface area contributed by atoms with Gasteiger partial charge in [-0.2, -0.15) is 0 Å². The van der Waals surface area contributed by atoms with Gasteiger partial charge >= 0.3 is 0 Å². The fourth-order valence-electron chi connectivity index (χ4n) is 4.57. The van der Waals surface area contributed by atoms with Gasteiger partial charge in [0.05, 0.1) is 11.2 Å². The Balaban J connectivity index is 0.00000162. The summed E-state index contributed by atoms with van der Waals surface area (Å²) < 4.78 is 0. The van der Waals surface area contributed by atoms with Crippen LogP contribution in [0.15, 0.2) is 84.9 Å². The summed E-state index contributed by atoms with van der Waals surface area (Å²) >= 11 is 6.28. The first kappa shape index (κ1) is 26.5. The zero-order valence-corrected chi connectivity index (χ0v) is 21.4. The monoisotopic (exact) mass is 513 g/mol. The van der Waals surface area contributed by atoms with Gasteiger partial charge in [0, 0.05) is 35.1 Å². The highest BCUT2D eigenvalue weighted by molar-refractivity contribution is 6.31. The summed E-state index contributed by atoms with van der Waals surface area (Å²) in [5.74, 6) is 0. The smallest absolute Gasteiger partial charge is 0.0727 e. The lowest BCUT2D eigenvalue weighted by Crippen LogP contribution is -2.41. The van der Waals surface area contributed by atoms with Crippen molar-refractivity contribution in [1.29, 1.82) is 0 Å². The van der Waals surface area contributed by atoms with Crippen molar-refractivity contribution in [2.75, 3.05) is 13.1 Å². The molecule has 1 N–H and O–H groups in total. The van der Waals surface area contributed by atoms with Crippen molar-refractivity contribution >= 4 is 47.3 Å². The van der Waals surface area contributed by atoms with E-state index in [0.29, 0.717) is 6.04 Å². The number of nitrogens with zero attached hydrogens (tertiary/aromatic N) is 2. The van der Waals surface area contributed by atoms with Crippen molar-refractivity contribution in [3.05, 3.63) is 101 Å². The number of hydrogen-bond donors (Lipinski definition) is 1. The third-order valence-electron chi connectivity index (χ3n) is 6.34. The number of aromatic nitrogens is 1. The van der Waals surface area contributed by atoms with Gasteiger partial charge in [0.25, 0.3) is 0 Å². The van der Waals surface area contributed by atoms with Gasteiger partial charge in [-0.1, -0.05) is 78.3 Å². The van der Waals surface area contributed by atoms with Crippen molar-refractivity contribution in [2.24, 2.45) is 0 Å². The van der Waals surface area contributed by atoms with Gasteiger partial charge in [0.2, 0.25) is 0 Å². The van der Waals surface area contributed by atoms with Gasteiger partial charge in [0.15, 0.2) is 0 Å². The Morgan fingerprint density at radius 2 is 1.53 bits per heavy atom. The number of hydrogen-bond acceptors (Lipinski definition) is 3. The van der Waals surface area contributed by atoms with Crippen molar-refractivity contribution in [3.63, 3.8) is 0 Å². The molecule has 6 heteroatoms. The van der Waals surface area contributed by atoms with Crippen LogP contribution in [0.25, 0.3) is 22.2 Å². The summed E-state index contributed by atoms with van der Waals surface area (Å²) in [6.45, 7) is 4.15. The molecule has 0 unspecified atom stereocenters. The maximum Gasteiger partial charge on any atom is 0.0727 e. The van der Waals surface area contributed by atoms with E-state index >= 15 is 0 Å². The van der Waals surface area contributed by atoms with Gasteiger partial charge in [-0.3, -0.25) is 4.90 Å². The summed E-state index contributed by atoms with van der Waals surface area (Å²) in [5, 5.41) is 5.71. The molecule has 1 aliphatic heterocycles. The lowest BCUT2D eigenvalue weighted by atomic mass is 10.0. The average molecular weight is 515 g/mol. The molecule has 34 heavy (non-hydrogen) atoms. The molecule has 5 rings (SSSR count). The maximum atomic E-state index is 6.28. The number of pyridine rings is 1. The number of likely N-dealkylation sites (tertiary alicyclic amines) is 1. The molecule has 4 aromatic rings. The fraction of sp³-hybridized carbons (Fsp3) is 0.250. The van der Waals surface area contributed by atoms with E-state index in [-0.39, 0.29) is 24.8 Å². The molecular formula is C28H30Cl3N3. The second-order valence-corrected chi connectivity index (χ2v) is 9.05. The molecule has 0 saturated carbocycles. The van der Waals surface area contributed by atoms with Gasteiger partial charge < -0.3 is 5.32 Å². The highest BCUT2D eigenvalue weighted by atomic mass is 35.5. The summed E-state index contributed by atoms with van der Waals surface area (Å²) in [4.78, 5) is 7.45. The second kappa shape index (κ2) is 12.5. The second-order valence-electron chi connectivity index (χ2n) is 8.61. The molecule has 0 bridgehead atoms. The van der Waals surface area contributed by atoms with E-state index in [1.165, 1.54) is 29.4 Å².